The largest absolute Gasteiger partial charge is 0.492 e. The molecule has 0 heterocycles. The van der Waals surface area contributed by atoms with Crippen LogP contribution < -0.4 is 4.74 Å². The number of carboxylic acids is 1. The lowest BCUT2D eigenvalue weighted by Crippen LogP contribution is -2.18. The van der Waals surface area contributed by atoms with Gasteiger partial charge in [-0.25, -0.2) is 0 Å². The van der Waals surface area contributed by atoms with E-state index in [1.165, 1.54) is 5.56 Å². The number of rotatable bonds is 4. The smallest absolute Gasteiger partial charge is 0.309 e. The number of aryl methyl sites for hydroxylation is 3. The summed E-state index contributed by atoms with van der Waals surface area (Å²) in [5.41, 5.74) is 3.42. The fraction of sp³-hybridized carbons (Fsp3) is 0.462. The molecule has 0 saturated heterocycles. The topological polar surface area (TPSA) is 46.5 Å². The van der Waals surface area contributed by atoms with E-state index >= 15 is 0 Å². The highest BCUT2D eigenvalue weighted by atomic mass is 16.5. The third kappa shape index (κ3) is 2.99. The van der Waals surface area contributed by atoms with Gasteiger partial charge in [0, 0.05) is 0 Å². The Bertz CT molecular complexity index is 396. The van der Waals surface area contributed by atoms with Gasteiger partial charge in [0.2, 0.25) is 0 Å². The Balaban J connectivity index is 2.74. The van der Waals surface area contributed by atoms with Crippen LogP contribution in [-0.2, 0) is 4.79 Å². The Labute approximate surface area is 96.1 Å². The van der Waals surface area contributed by atoms with Crippen LogP contribution in [-0.4, -0.2) is 17.7 Å². The number of aliphatic carboxylic acids is 1. The second kappa shape index (κ2) is 5.01. The summed E-state index contributed by atoms with van der Waals surface area (Å²) in [5.74, 6) is -0.543. The monoisotopic (exact) mass is 222 g/mol. The van der Waals surface area contributed by atoms with E-state index in [-0.39, 0.29) is 6.61 Å². The van der Waals surface area contributed by atoms with Crippen molar-refractivity contribution in [2.75, 3.05) is 6.61 Å². The minimum atomic E-state index is -0.832. The fourth-order valence-electron chi connectivity index (χ4n) is 1.38. The van der Waals surface area contributed by atoms with Crippen LogP contribution in [0.5, 0.6) is 5.75 Å². The van der Waals surface area contributed by atoms with Crippen LogP contribution >= 0.6 is 0 Å². The maximum atomic E-state index is 10.6. The van der Waals surface area contributed by atoms with Crippen molar-refractivity contribution in [3.63, 3.8) is 0 Å². The maximum absolute atomic E-state index is 10.6. The lowest BCUT2D eigenvalue weighted by molar-refractivity contribution is -0.142. The van der Waals surface area contributed by atoms with E-state index in [1.807, 2.05) is 26.8 Å². The number of ether oxygens (including phenoxy) is 1. The zero-order chi connectivity index (χ0) is 12.3. The number of carboxylic acid groups (broad SMARTS) is 1. The van der Waals surface area contributed by atoms with Crippen LogP contribution in [0.2, 0.25) is 0 Å². The molecule has 1 atom stereocenters. The first kappa shape index (κ1) is 12.6. The summed E-state index contributed by atoms with van der Waals surface area (Å²) >= 11 is 0. The van der Waals surface area contributed by atoms with Gasteiger partial charge in [-0.05, 0) is 50.5 Å². The van der Waals surface area contributed by atoms with E-state index in [0.29, 0.717) is 0 Å². The van der Waals surface area contributed by atoms with E-state index in [4.69, 9.17) is 9.84 Å². The predicted octanol–water partition coefficient (Wildman–Crippen LogP) is 2.71. The van der Waals surface area contributed by atoms with Gasteiger partial charge in [-0.3, -0.25) is 4.79 Å². The van der Waals surface area contributed by atoms with Crippen molar-refractivity contribution < 1.29 is 14.6 Å². The number of carbonyl (C=O) groups is 1. The first-order valence-corrected chi connectivity index (χ1v) is 5.35. The third-order valence-electron chi connectivity index (χ3n) is 2.70. The Morgan fingerprint density at radius 3 is 2.38 bits per heavy atom. The summed E-state index contributed by atoms with van der Waals surface area (Å²) < 4.78 is 5.51. The van der Waals surface area contributed by atoms with Crippen LogP contribution in [0, 0.1) is 26.7 Å². The average Bonchev–Trinajstić information content (AvgIpc) is 2.20. The highest BCUT2D eigenvalue weighted by Gasteiger charge is 2.12. The van der Waals surface area contributed by atoms with Gasteiger partial charge in [-0.1, -0.05) is 6.07 Å². The number of hydrogen-bond acceptors (Lipinski definition) is 2. The van der Waals surface area contributed by atoms with Crippen molar-refractivity contribution in [3.8, 4) is 5.75 Å². The van der Waals surface area contributed by atoms with Gasteiger partial charge in [-0.15, -0.1) is 0 Å². The van der Waals surface area contributed by atoms with E-state index in [0.717, 1.165) is 16.9 Å². The van der Waals surface area contributed by atoms with Gasteiger partial charge < -0.3 is 9.84 Å². The van der Waals surface area contributed by atoms with Gasteiger partial charge >= 0.3 is 5.97 Å². The average molecular weight is 222 g/mol. The van der Waals surface area contributed by atoms with E-state index in [9.17, 15) is 4.79 Å². The molecule has 0 aliphatic carbocycles. The van der Waals surface area contributed by atoms with E-state index in [2.05, 4.69) is 6.07 Å². The summed E-state index contributed by atoms with van der Waals surface area (Å²) in [7, 11) is 0. The molecule has 1 aromatic carbocycles. The normalized spacial score (nSPS) is 12.2. The van der Waals surface area contributed by atoms with Crippen LogP contribution in [0.25, 0.3) is 0 Å². The Hall–Kier alpha value is -1.51. The molecule has 1 aromatic rings. The summed E-state index contributed by atoms with van der Waals surface area (Å²) in [5, 5.41) is 8.75. The standard InChI is InChI=1S/C13H18O3/c1-8-5-10(3)12(6-9(8)2)16-7-11(4)13(14)15/h5-6,11H,7H2,1-4H3,(H,14,15). The van der Waals surface area contributed by atoms with Crippen LogP contribution in [0.15, 0.2) is 12.1 Å². The van der Waals surface area contributed by atoms with Crippen molar-refractivity contribution in [3.05, 3.63) is 28.8 Å². The van der Waals surface area contributed by atoms with Crippen LogP contribution in [0.1, 0.15) is 23.6 Å². The zero-order valence-corrected chi connectivity index (χ0v) is 10.2. The Morgan fingerprint density at radius 2 is 1.81 bits per heavy atom. The summed E-state index contributed by atoms with van der Waals surface area (Å²) in [6.45, 7) is 7.87. The molecular formula is C13H18O3. The first-order chi connectivity index (χ1) is 7.41. The molecule has 3 nitrogen and oxygen atoms in total. The summed E-state index contributed by atoms with van der Waals surface area (Å²) in [6, 6.07) is 4.01. The second-order valence-corrected chi connectivity index (χ2v) is 4.25. The first-order valence-electron chi connectivity index (χ1n) is 5.35. The van der Waals surface area contributed by atoms with E-state index in [1.54, 1.807) is 6.92 Å². The molecule has 1 rings (SSSR count). The molecular weight excluding hydrogens is 204 g/mol. The number of hydrogen-bond donors (Lipinski definition) is 1. The molecule has 0 fully saturated rings. The lowest BCUT2D eigenvalue weighted by atomic mass is 10.1. The van der Waals surface area contributed by atoms with Crippen molar-refractivity contribution in [2.24, 2.45) is 5.92 Å². The SMILES string of the molecule is Cc1cc(C)c(OCC(C)C(=O)O)cc1C. The quantitative estimate of drug-likeness (QED) is 0.852. The van der Waals surface area contributed by atoms with Crippen molar-refractivity contribution in [1.82, 2.24) is 0 Å². The molecule has 0 aromatic heterocycles. The summed E-state index contributed by atoms with van der Waals surface area (Å²) in [6.07, 6.45) is 0. The molecule has 0 bridgehead atoms. The highest BCUT2D eigenvalue weighted by molar-refractivity contribution is 5.69. The molecule has 88 valence electrons. The molecule has 0 spiro atoms. The molecule has 0 saturated carbocycles. The molecule has 1 unspecified atom stereocenters. The lowest BCUT2D eigenvalue weighted by Gasteiger charge is -2.13. The summed E-state index contributed by atoms with van der Waals surface area (Å²) in [4.78, 5) is 10.6. The number of benzene rings is 1. The molecule has 1 N–H and O–H groups in total. The Kier molecular flexibility index (Phi) is 3.93. The van der Waals surface area contributed by atoms with Crippen molar-refractivity contribution in [1.29, 1.82) is 0 Å². The van der Waals surface area contributed by atoms with Gasteiger partial charge in [0.15, 0.2) is 0 Å². The molecule has 0 amide bonds. The molecule has 0 aliphatic rings. The van der Waals surface area contributed by atoms with E-state index < -0.39 is 11.9 Å². The minimum absolute atomic E-state index is 0.207. The van der Waals surface area contributed by atoms with Gasteiger partial charge in [0.1, 0.15) is 12.4 Å². The predicted molar refractivity (Wildman–Crippen MR) is 62.9 cm³/mol. The molecule has 0 radical (unpaired) electrons. The molecule has 3 heteroatoms. The second-order valence-electron chi connectivity index (χ2n) is 4.25. The highest BCUT2D eigenvalue weighted by Crippen LogP contribution is 2.22. The minimum Gasteiger partial charge on any atom is -0.492 e. The third-order valence-corrected chi connectivity index (χ3v) is 2.70. The zero-order valence-electron chi connectivity index (χ0n) is 10.2. The fourth-order valence-corrected chi connectivity index (χ4v) is 1.38. The maximum Gasteiger partial charge on any atom is 0.309 e. The van der Waals surface area contributed by atoms with Gasteiger partial charge in [-0.2, -0.15) is 0 Å². The van der Waals surface area contributed by atoms with Crippen molar-refractivity contribution >= 4 is 5.97 Å². The molecule has 0 aliphatic heterocycles. The molecule has 16 heavy (non-hydrogen) atoms. The Morgan fingerprint density at radius 1 is 1.25 bits per heavy atom. The van der Waals surface area contributed by atoms with Crippen LogP contribution in [0.4, 0.5) is 0 Å². The van der Waals surface area contributed by atoms with Crippen molar-refractivity contribution in [2.45, 2.75) is 27.7 Å². The van der Waals surface area contributed by atoms with Crippen LogP contribution in [0.3, 0.4) is 0 Å². The van der Waals surface area contributed by atoms with Gasteiger partial charge in [0.25, 0.3) is 0 Å². The van der Waals surface area contributed by atoms with Gasteiger partial charge in [0.05, 0.1) is 5.92 Å².